The zero-order chi connectivity index (χ0) is 18.8. The summed E-state index contributed by atoms with van der Waals surface area (Å²) in [5, 5.41) is 18.7. The van der Waals surface area contributed by atoms with Crippen molar-refractivity contribution in [2.75, 3.05) is 6.26 Å². The summed E-state index contributed by atoms with van der Waals surface area (Å²) in [5.74, 6) is -0.811. The van der Waals surface area contributed by atoms with Crippen LogP contribution in [-0.2, 0) is 4.79 Å². The Bertz CT molecular complexity index is 438. The highest BCUT2D eigenvalue weighted by Gasteiger charge is 2.14. The van der Waals surface area contributed by atoms with Crippen LogP contribution in [0.15, 0.2) is 48.6 Å². The Balaban J connectivity index is 3.98. The lowest BCUT2D eigenvalue weighted by molar-refractivity contribution is -0.137. The maximum Gasteiger partial charge on any atom is 0.303 e. The van der Waals surface area contributed by atoms with Crippen molar-refractivity contribution >= 4 is 17.7 Å². The first kappa shape index (κ1) is 23.7. The largest absolute Gasteiger partial charge is 0.481 e. The zero-order valence-electron chi connectivity index (χ0n) is 15.6. The molecule has 0 aromatic carbocycles. The van der Waals surface area contributed by atoms with E-state index in [1.165, 1.54) is 25.7 Å². The van der Waals surface area contributed by atoms with Crippen molar-refractivity contribution in [1.82, 2.24) is 0 Å². The van der Waals surface area contributed by atoms with Crippen LogP contribution in [-0.4, -0.2) is 33.8 Å². The molecule has 0 spiro atoms. The van der Waals surface area contributed by atoms with Gasteiger partial charge in [-0.3, -0.25) is 4.79 Å². The highest BCUT2D eigenvalue weighted by Crippen LogP contribution is 2.17. The van der Waals surface area contributed by atoms with Gasteiger partial charge in [0.2, 0.25) is 0 Å². The van der Waals surface area contributed by atoms with Crippen LogP contribution in [0, 0.1) is 0 Å². The summed E-state index contributed by atoms with van der Waals surface area (Å²) in [7, 11) is 0. The van der Waals surface area contributed by atoms with Crippen LogP contribution in [0.3, 0.4) is 0 Å². The highest BCUT2D eigenvalue weighted by atomic mass is 32.2. The van der Waals surface area contributed by atoms with E-state index in [-0.39, 0.29) is 11.7 Å². The molecule has 3 nitrogen and oxygen atoms in total. The van der Waals surface area contributed by atoms with Crippen molar-refractivity contribution in [3.05, 3.63) is 48.6 Å². The molecule has 0 fully saturated rings. The van der Waals surface area contributed by atoms with Gasteiger partial charge >= 0.3 is 5.97 Å². The number of carbonyl (C=O) groups is 1. The number of thioether (sulfide) groups is 1. The van der Waals surface area contributed by atoms with Crippen LogP contribution in [0.4, 0.5) is 0 Å². The lowest BCUT2D eigenvalue weighted by atomic mass is 10.1. The number of aliphatic hydroxyl groups excluding tert-OH is 1. The number of aliphatic hydroxyl groups is 1. The van der Waals surface area contributed by atoms with E-state index >= 15 is 0 Å². The van der Waals surface area contributed by atoms with E-state index in [0.717, 1.165) is 6.42 Å². The molecule has 2 N–H and O–H groups in total. The molecule has 0 radical (unpaired) electrons. The quantitative estimate of drug-likeness (QED) is 0.227. The van der Waals surface area contributed by atoms with Crippen molar-refractivity contribution in [2.45, 2.75) is 69.6 Å². The summed E-state index contributed by atoms with van der Waals surface area (Å²) in [4.78, 5) is 10.5. The Hall–Kier alpha value is -1.26. The number of hydrogen-bond acceptors (Lipinski definition) is 3. The molecular formula is C21H34O3S. The van der Waals surface area contributed by atoms with E-state index < -0.39 is 12.1 Å². The fourth-order valence-electron chi connectivity index (χ4n) is 2.25. The van der Waals surface area contributed by atoms with Crippen molar-refractivity contribution in [3.8, 4) is 0 Å². The van der Waals surface area contributed by atoms with Gasteiger partial charge in [-0.1, -0.05) is 68.4 Å². The van der Waals surface area contributed by atoms with E-state index in [1.807, 2.05) is 36.6 Å². The molecule has 0 aromatic rings. The van der Waals surface area contributed by atoms with Crippen LogP contribution in [0.1, 0.15) is 58.3 Å². The van der Waals surface area contributed by atoms with Crippen molar-refractivity contribution in [1.29, 1.82) is 0 Å². The van der Waals surface area contributed by atoms with Gasteiger partial charge in [-0.25, -0.2) is 0 Å². The van der Waals surface area contributed by atoms with Gasteiger partial charge in [0.05, 0.1) is 6.10 Å². The lowest BCUT2D eigenvalue weighted by Gasteiger charge is -2.17. The summed E-state index contributed by atoms with van der Waals surface area (Å²) in [6, 6.07) is 0. The topological polar surface area (TPSA) is 57.5 Å². The normalized spacial score (nSPS) is 15.0. The monoisotopic (exact) mass is 366 g/mol. The molecule has 4 heteroatoms. The second kappa shape index (κ2) is 17.6. The molecule has 0 aliphatic heterocycles. The van der Waals surface area contributed by atoms with Gasteiger partial charge in [-0.2, -0.15) is 11.8 Å². The fraction of sp³-hybridized carbons (Fsp3) is 0.571. The van der Waals surface area contributed by atoms with Gasteiger partial charge in [-0.05, 0) is 38.4 Å². The third-order valence-electron chi connectivity index (χ3n) is 3.73. The van der Waals surface area contributed by atoms with E-state index in [0.29, 0.717) is 12.8 Å². The smallest absolute Gasteiger partial charge is 0.303 e. The first-order valence-corrected chi connectivity index (χ1v) is 10.5. The van der Waals surface area contributed by atoms with Crippen molar-refractivity contribution < 1.29 is 15.0 Å². The van der Waals surface area contributed by atoms with E-state index in [9.17, 15) is 9.90 Å². The average molecular weight is 367 g/mol. The molecular weight excluding hydrogens is 332 g/mol. The summed E-state index contributed by atoms with van der Waals surface area (Å²) < 4.78 is 0. The molecule has 0 saturated carbocycles. The Morgan fingerprint density at radius 2 is 1.80 bits per heavy atom. The van der Waals surface area contributed by atoms with Gasteiger partial charge in [-0.15, -0.1) is 0 Å². The second-order valence-electron chi connectivity index (χ2n) is 5.95. The number of allylic oxidation sites excluding steroid dienone is 7. The molecule has 0 bridgehead atoms. The maximum absolute atomic E-state index is 10.5. The van der Waals surface area contributed by atoms with E-state index in [1.54, 1.807) is 11.8 Å². The summed E-state index contributed by atoms with van der Waals surface area (Å²) in [5.41, 5.74) is 0. The standard InChI is InChI=1S/C21H34O3S/c1-3-4-5-6-7-8-9-10-11-12-13-14-17-20(25-2)19(22)16-15-18-21(23)24/h7-8,10-14,17,19-20,22H,3-6,9,15-16,18H2,1-2H3,(H,23,24)/b8-7-,11-10-,13-12+,17-14+/t19-,20+/m0/s1. The van der Waals surface area contributed by atoms with Gasteiger partial charge < -0.3 is 10.2 Å². The third-order valence-corrected chi connectivity index (χ3v) is 4.74. The van der Waals surface area contributed by atoms with E-state index in [2.05, 4.69) is 25.2 Å². The molecule has 0 aliphatic carbocycles. The summed E-state index contributed by atoms with van der Waals surface area (Å²) in [6.07, 6.45) is 25.0. The minimum absolute atomic E-state index is 0.00604. The number of hydrogen-bond donors (Lipinski definition) is 2. The number of carboxylic acid groups (broad SMARTS) is 1. The zero-order valence-corrected chi connectivity index (χ0v) is 16.5. The molecule has 0 aromatic heterocycles. The van der Waals surface area contributed by atoms with E-state index in [4.69, 9.17) is 5.11 Å². The Morgan fingerprint density at radius 3 is 2.48 bits per heavy atom. The molecule has 0 rings (SSSR count). The number of unbranched alkanes of at least 4 members (excludes halogenated alkanes) is 3. The number of rotatable bonds is 15. The lowest BCUT2D eigenvalue weighted by Crippen LogP contribution is -2.21. The van der Waals surface area contributed by atoms with Gasteiger partial charge in [0.25, 0.3) is 0 Å². The molecule has 2 atom stereocenters. The molecule has 25 heavy (non-hydrogen) atoms. The summed E-state index contributed by atoms with van der Waals surface area (Å²) >= 11 is 1.57. The first-order chi connectivity index (χ1) is 12.1. The highest BCUT2D eigenvalue weighted by molar-refractivity contribution is 7.99. The molecule has 0 saturated heterocycles. The Morgan fingerprint density at radius 1 is 1.04 bits per heavy atom. The third kappa shape index (κ3) is 16.0. The van der Waals surface area contributed by atoms with Crippen LogP contribution in [0.5, 0.6) is 0 Å². The predicted molar refractivity (Wildman–Crippen MR) is 110 cm³/mol. The van der Waals surface area contributed by atoms with Gasteiger partial charge in [0.15, 0.2) is 0 Å². The first-order valence-electron chi connectivity index (χ1n) is 9.19. The van der Waals surface area contributed by atoms with Crippen LogP contribution >= 0.6 is 11.8 Å². The Labute approximate surface area is 157 Å². The fourth-order valence-corrected chi connectivity index (χ4v) is 2.95. The molecule has 142 valence electrons. The van der Waals surface area contributed by atoms with Crippen LogP contribution in [0.25, 0.3) is 0 Å². The molecule has 0 heterocycles. The van der Waals surface area contributed by atoms with Crippen LogP contribution in [0.2, 0.25) is 0 Å². The maximum atomic E-state index is 10.5. The minimum Gasteiger partial charge on any atom is -0.481 e. The van der Waals surface area contributed by atoms with Crippen molar-refractivity contribution in [2.24, 2.45) is 0 Å². The van der Waals surface area contributed by atoms with Gasteiger partial charge in [0, 0.05) is 11.7 Å². The Kier molecular flexibility index (Phi) is 16.7. The second-order valence-corrected chi connectivity index (χ2v) is 6.97. The predicted octanol–water partition coefficient (Wildman–Crippen LogP) is 5.53. The van der Waals surface area contributed by atoms with Crippen molar-refractivity contribution in [3.63, 3.8) is 0 Å². The van der Waals surface area contributed by atoms with Gasteiger partial charge in [0.1, 0.15) is 0 Å². The molecule has 0 unspecified atom stereocenters. The summed E-state index contributed by atoms with van der Waals surface area (Å²) in [6.45, 7) is 2.22. The molecule has 0 amide bonds. The molecule has 0 aliphatic rings. The minimum atomic E-state index is -0.811. The number of carboxylic acids is 1. The SMILES string of the molecule is CCCCC/C=C\C\C=C/C=C/C=C/[C@@H](SC)[C@@H](O)CCCC(=O)O. The number of aliphatic carboxylic acids is 1. The van der Waals surface area contributed by atoms with Crippen LogP contribution < -0.4 is 0 Å². The average Bonchev–Trinajstić information content (AvgIpc) is 2.58.